The molecular weight excluding hydrogens is 395 g/mol. The number of halogens is 1. The highest BCUT2D eigenvalue weighted by atomic mass is 19.1. The van der Waals surface area contributed by atoms with Crippen LogP contribution in [0.2, 0.25) is 0 Å². The van der Waals surface area contributed by atoms with Crippen molar-refractivity contribution in [3.05, 3.63) is 76.4 Å². The number of carbonyl (C=O) groups excluding carboxylic acids is 2. The number of hydrogen-bond acceptors (Lipinski definition) is 3. The normalized spacial score (nSPS) is 11.6. The molecule has 0 spiro atoms. The van der Waals surface area contributed by atoms with Crippen molar-refractivity contribution in [1.29, 1.82) is 0 Å². The number of fused-ring (bicyclic) bond motifs is 2. The van der Waals surface area contributed by atoms with Crippen LogP contribution in [0.1, 0.15) is 39.9 Å². The lowest BCUT2D eigenvalue weighted by Crippen LogP contribution is -2.23. The maximum Gasteiger partial charge on any atom is 0.244 e. The minimum Gasteiger partial charge on any atom is -0.453 e. The summed E-state index contributed by atoms with van der Waals surface area (Å²) >= 11 is 0. The summed E-state index contributed by atoms with van der Waals surface area (Å²) < 4.78 is 19.6. The molecule has 2 aromatic heterocycles. The molecule has 0 radical (unpaired) electrons. The number of Topliss-reactive ketones (excluding diaryl/α,β-unsaturated/α-hetero) is 1. The van der Waals surface area contributed by atoms with E-state index in [-0.39, 0.29) is 17.5 Å². The molecule has 31 heavy (non-hydrogen) atoms. The number of nitrogens with one attached hydrogen (secondary N) is 2. The van der Waals surface area contributed by atoms with E-state index in [2.05, 4.69) is 10.3 Å². The number of hydrogen-bond donors (Lipinski definition) is 2. The number of rotatable bonds is 6. The molecule has 0 atom stereocenters. The van der Waals surface area contributed by atoms with Gasteiger partial charge in [-0.1, -0.05) is 12.1 Å². The van der Waals surface area contributed by atoms with Crippen LogP contribution in [0.5, 0.6) is 0 Å². The zero-order valence-corrected chi connectivity index (χ0v) is 17.6. The molecule has 0 aliphatic rings. The van der Waals surface area contributed by atoms with E-state index in [9.17, 15) is 14.0 Å². The Kier molecular flexibility index (Phi) is 5.46. The van der Waals surface area contributed by atoms with Gasteiger partial charge in [0.2, 0.25) is 5.91 Å². The summed E-state index contributed by atoms with van der Waals surface area (Å²) in [5, 5.41) is 4.58. The lowest BCUT2D eigenvalue weighted by molar-refractivity contribution is -0.116. The van der Waals surface area contributed by atoms with Gasteiger partial charge in [0.1, 0.15) is 11.4 Å². The number of carbonyl (C=O) groups is 2. The first-order valence-electron chi connectivity index (χ1n) is 10.1. The summed E-state index contributed by atoms with van der Waals surface area (Å²) in [6, 6.07) is 10.4. The summed E-state index contributed by atoms with van der Waals surface area (Å²) in [6.45, 7) is 5.77. The molecule has 0 saturated heterocycles. The minimum atomic E-state index is -0.271. The average molecular weight is 418 g/mol. The number of benzene rings is 2. The standard InChI is InChI=1S/C25H23FN2O3/c1-14-4-7-20(26)25-24(14)19(15(2)28-25)10-11-27-23(30)9-6-17-5-8-21-18(12-17)13-22(31-21)16(3)29/h4-9,12-13,28H,10-11H2,1-3H3,(H,27,30)/b9-6+. The Morgan fingerprint density at radius 2 is 1.97 bits per heavy atom. The van der Waals surface area contributed by atoms with E-state index in [4.69, 9.17) is 4.42 Å². The molecule has 158 valence electrons. The lowest BCUT2D eigenvalue weighted by atomic mass is 10.0. The second-order valence-corrected chi connectivity index (χ2v) is 7.68. The quantitative estimate of drug-likeness (QED) is 0.332. The van der Waals surface area contributed by atoms with Gasteiger partial charge in [-0.25, -0.2) is 4.39 Å². The van der Waals surface area contributed by atoms with Gasteiger partial charge < -0.3 is 14.7 Å². The third kappa shape index (κ3) is 4.14. The summed E-state index contributed by atoms with van der Waals surface area (Å²) in [5.41, 5.74) is 4.91. The zero-order valence-electron chi connectivity index (χ0n) is 17.6. The summed E-state index contributed by atoms with van der Waals surface area (Å²) in [7, 11) is 0. The molecule has 2 N–H and O–H groups in total. The fourth-order valence-corrected chi connectivity index (χ4v) is 3.84. The van der Waals surface area contributed by atoms with Crippen molar-refractivity contribution in [1.82, 2.24) is 10.3 Å². The first-order chi connectivity index (χ1) is 14.8. The number of ketones is 1. The van der Waals surface area contributed by atoms with Gasteiger partial charge in [0.15, 0.2) is 11.5 Å². The highest BCUT2D eigenvalue weighted by Gasteiger charge is 2.14. The van der Waals surface area contributed by atoms with Gasteiger partial charge >= 0.3 is 0 Å². The van der Waals surface area contributed by atoms with E-state index in [1.165, 1.54) is 19.1 Å². The van der Waals surface area contributed by atoms with Crippen molar-refractivity contribution in [2.24, 2.45) is 0 Å². The fourth-order valence-electron chi connectivity index (χ4n) is 3.84. The molecule has 1 amide bonds. The van der Waals surface area contributed by atoms with Crippen molar-refractivity contribution >= 4 is 39.6 Å². The van der Waals surface area contributed by atoms with Crippen LogP contribution in [0.4, 0.5) is 4.39 Å². The largest absolute Gasteiger partial charge is 0.453 e. The minimum absolute atomic E-state index is 0.129. The van der Waals surface area contributed by atoms with Crippen molar-refractivity contribution in [3.8, 4) is 0 Å². The van der Waals surface area contributed by atoms with Crippen LogP contribution in [0, 0.1) is 19.7 Å². The Bertz CT molecular complexity index is 1340. The number of furan rings is 1. The Morgan fingerprint density at radius 3 is 2.74 bits per heavy atom. The van der Waals surface area contributed by atoms with E-state index in [0.29, 0.717) is 29.8 Å². The summed E-state index contributed by atoms with van der Waals surface area (Å²) in [4.78, 5) is 26.8. The number of H-pyrrole nitrogens is 1. The molecule has 0 unspecified atom stereocenters. The third-order valence-corrected chi connectivity index (χ3v) is 5.42. The maximum atomic E-state index is 14.1. The molecule has 0 fully saturated rings. The van der Waals surface area contributed by atoms with Gasteiger partial charge in [0.05, 0.1) is 5.52 Å². The van der Waals surface area contributed by atoms with Gasteiger partial charge in [-0.2, -0.15) is 0 Å². The summed E-state index contributed by atoms with van der Waals surface area (Å²) in [5.74, 6) is -0.295. The molecule has 2 heterocycles. The zero-order chi connectivity index (χ0) is 22.1. The van der Waals surface area contributed by atoms with Gasteiger partial charge in [0.25, 0.3) is 0 Å². The summed E-state index contributed by atoms with van der Waals surface area (Å²) in [6.07, 6.45) is 3.79. The smallest absolute Gasteiger partial charge is 0.244 e. The second kappa shape index (κ2) is 8.22. The fraction of sp³-hybridized carbons (Fsp3) is 0.200. The average Bonchev–Trinajstić information content (AvgIpc) is 3.31. The van der Waals surface area contributed by atoms with Crippen molar-refractivity contribution in [3.63, 3.8) is 0 Å². The molecule has 4 rings (SSSR count). The Hall–Kier alpha value is -3.67. The Labute approximate surface area is 178 Å². The van der Waals surface area contributed by atoms with Crippen molar-refractivity contribution in [2.45, 2.75) is 27.2 Å². The van der Waals surface area contributed by atoms with Crippen LogP contribution in [0.15, 0.2) is 46.9 Å². The first-order valence-corrected chi connectivity index (χ1v) is 10.1. The topological polar surface area (TPSA) is 75.1 Å². The molecule has 6 heteroatoms. The predicted molar refractivity (Wildman–Crippen MR) is 120 cm³/mol. The molecule has 4 aromatic rings. The number of amides is 1. The predicted octanol–water partition coefficient (Wildman–Crippen LogP) is 5.24. The van der Waals surface area contributed by atoms with Crippen LogP contribution in [-0.4, -0.2) is 23.2 Å². The highest BCUT2D eigenvalue weighted by Crippen LogP contribution is 2.28. The van der Waals surface area contributed by atoms with Crippen LogP contribution in [0.25, 0.3) is 27.9 Å². The SMILES string of the molecule is CC(=O)c1cc2cc(/C=C/C(=O)NCCc3c(C)[nH]c4c(F)ccc(C)c34)ccc2o1. The van der Waals surface area contributed by atoms with Crippen LogP contribution >= 0.6 is 0 Å². The van der Waals surface area contributed by atoms with E-state index >= 15 is 0 Å². The van der Waals surface area contributed by atoms with Gasteiger partial charge in [-0.3, -0.25) is 9.59 Å². The Balaban J connectivity index is 1.41. The van der Waals surface area contributed by atoms with E-state index in [1.54, 1.807) is 24.3 Å². The maximum absolute atomic E-state index is 14.1. The van der Waals surface area contributed by atoms with Crippen molar-refractivity contribution in [2.75, 3.05) is 6.54 Å². The van der Waals surface area contributed by atoms with Crippen LogP contribution in [0.3, 0.4) is 0 Å². The van der Waals surface area contributed by atoms with Gasteiger partial charge in [-0.05, 0) is 67.3 Å². The highest BCUT2D eigenvalue weighted by molar-refractivity contribution is 5.97. The van der Waals surface area contributed by atoms with Gasteiger partial charge in [-0.15, -0.1) is 0 Å². The molecular formula is C25H23FN2O3. The van der Waals surface area contributed by atoms with Gasteiger partial charge in [0, 0.05) is 36.0 Å². The van der Waals surface area contributed by atoms with Crippen molar-refractivity contribution < 1.29 is 18.4 Å². The third-order valence-electron chi connectivity index (χ3n) is 5.42. The first kappa shape index (κ1) is 20.6. The molecule has 5 nitrogen and oxygen atoms in total. The number of aryl methyl sites for hydroxylation is 2. The van der Waals surface area contributed by atoms with E-state index in [0.717, 1.165) is 33.2 Å². The monoisotopic (exact) mass is 418 g/mol. The second-order valence-electron chi connectivity index (χ2n) is 7.68. The molecule has 0 aliphatic carbocycles. The van der Waals surface area contributed by atoms with Crippen LogP contribution < -0.4 is 5.32 Å². The molecule has 2 aromatic carbocycles. The molecule has 0 saturated carbocycles. The molecule has 0 aliphatic heterocycles. The molecule has 0 bridgehead atoms. The van der Waals surface area contributed by atoms with E-state index < -0.39 is 0 Å². The Morgan fingerprint density at radius 1 is 1.16 bits per heavy atom. The van der Waals surface area contributed by atoms with Crippen LogP contribution in [-0.2, 0) is 11.2 Å². The lowest BCUT2D eigenvalue weighted by Gasteiger charge is -2.05. The van der Waals surface area contributed by atoms with E-state index in [1.807, 2.05) is 26.0 Å². The number of aromatic amines is 1. The number of aromatic nitrogens is 1.